The number of nitrogens with one attached hydrogen (secondary N) is 1. The molecule has 2 fully saturated rings. The number of aromatic nitrogens is 1. The van der Waals surface area contributed by atoms with Gasteiger partial charge in [-0.2, -0.15) is 0 Å². The molecular weight excluding hydrogens is 208 g/mol. The van der Waals surface area contributed by atoms with Crippen molar-refractivity contribution < 1.29 is 0 Å². The van der Waals surface area contributed by atoms with Gasteiger partial charge >= 0.3 is 0 Å². The monoisotopic (exact) mass is 224 g/mol. The minimum atomic E-state index is 0.637. The lowest BCUT2D eigenvalue weighted by Gasteiger charge is -2.19. The largest absolute Gasteiger partial charge is 0.311 e. The number of nitrogens with zero attached hydrogens (tertiary/aromatic N) is 1. The van der Waals surface area contributed by atoms with Crippen LogP contribution in [0.3, 0.4) is 0 Å². The third kappa shape index (κ3) is 1.48. The normalized spacial score (nSPS) is 31.2. The van der Waals surface area contributed by atoms with E-state index in [1.807, 2.05) is 0 Å². The molecule has 0 aliphatic carbocycles. The van der Waals surface area contributed by atoms with Crippen molar-refractivity contribution in [3.05, 3.63) is 42.1 Å². The second-order valence-electron chi connectivity index (χ2n) is 5.32. The molecule has 4 rings (SSSR count). The molecule has 2 aliphatic heterocycles. The van der Waals surface area contributed by atoms with Crippen LogP contribution in [0.5, 0.6) is 0 Å². The highest BCUT2D eigenvalue weighted by molar-refractivity contribution is 5.78. The summed E-state index contributed by atoms with van der Waals surface area (Å²) >= 11 is 0. The number of fused-ring (bicyclic) bond motifs is 3. The van der Waals surface area contributed by atoms with Gasteiger partial charge in [0.2, 0.25) is 0 Å². The van der Waals surface area contributed by atoms with Gasteiger partial charge in [0, 0.05) is 29.1 Å². The summed E-state index contributed by atoms with van der Waals surface area (Å²) in [6, 6.07) is 14.2. The van der Waals surface area contributed by atoms with Crippen LogP contribution in [-0.2, 0) is 0 Å². The van der Waals surface area contributed by atoms with Crippen LogP contribution in [0, 0.1) is 0 Å². The lowest BCUT2D eigenvalue weighted by molar-refractivity contribution is 0.498. The van der Waals surface area contributed by atoms with Crippen molar-refractivity contribution in [3.63, 3.8) is 0 Å². The van der Waals surface area contributed by atoms with Crippen LogP contribution in [0.2, 0.25) is 0 Å². The van der Waals surface area contributed by atoms with Gasteiger partial charge in [-0.3, -0.25) is 4.98 Å². The maximum Gasteiger partial charge on any atom is 0.0705 e. The first kappa shape index (κ1) is 9.60. The van der Waals surface area contributed by atoms with E-state index in [-0.39, 0.29) is 0 Å². The molecule has 17 heavy (non-hydrogen) atoms. The smallest absolute Gasteiger partial charge is 0.0705 e. The van der Waals surface area contributed by atoms with Gasteiger partial charge in [-0.15, -0.1) is 0 Å². The molecule has 3 heterocycles. The molecule has 2 aliphatic rings. The van der Waals surface area contributed by atoms with Crippen LogP contribution >= 0.6 is 0 Å². The summed E-state index contributed by atoms with van der Waals surface area (Å²) in [5.41, 5.74) is 2.41. The third-order valence-electron chi connectivity index (χ3n) is 4.30. The summed E-state index contributed by atoms with van der Waals surface area (Å²) < 4.78 is 0. The molecule has 2 aromatic rings. The van der Waals surface area contributed by atoms with Crippen LogP contribution in [0.1, 0.15) is 30.9 Å². The lowest BCUT2D eigenvalue weighted by Crippen LogP contribution is -2.22. The van der Waals surface area contributed by atoms with Crippen molar-refractivity contribution in [1.29, 1.82) is 0 Å². The minimum Gasteiger partial charge on any atom is -0.311 e. The van der Waals surface area contributed by atoms with Gasteiger partial charge in [0.25, 0.3) is 0 Å². The SMILES string of the molecule is c1ccc2nc(C3CC4CCC3N4)ccc2c1. The highest BCUT2D eigenvalue weighted by atomic mass is 15.0. The number of para-hydroxylation sites is 1. The number of rotatable bonds is 1. The molecule has 2 saturated heterocycles. The van der Waals surface area contributed by atoms with Crippen molar-refractivity contribution in [2.45, 2.75) is 37.3 Å². The van der Waals surface area contributed by atoms with E-state index in [9.17, 15) is 0 Å². The maximum absolute atomic E-state index is 4.84. The number of hydrogen-bond donors (Lipinski definition) is 1. The molecule has 1 aromatic carbocycles. The molecule has 3 unspecified atom stereocenters. The van der Waals surface area contributed by atoms with E-state index >= 15 is 0 Å². The van der Waals surface area contributed by atoms with Crippen molar-refractivity contribution in [1.82, 2.24) is 10.3 Å². The number of pyridine rings is 1. The summed E-state index contributed by atoms with van der Waals surface area (Å²) in [7, 11) is 0. The molecule has 0 amide bonds. The molecule has 1 N–H and O–H groups in total. The Morgan fingerprint density at radius 2 is 2.00 bits per heavy atom. The van der Waals surface area contributed by atoms with Crippen LogP contribution in [0.4, 0.5) is 0 Å². The molecule has 0 spiro atoms. The molecule has 2 heteroatoms. The van der Waals surface area contributed by atoms with Gasteiger partial charge in [0.1, 0.15) is 0 Å². The Hall–Kier alpha value is -1.41. The molecule has 0 saturated carbocycles. The summed E-state index contributed by atoms with van der Waals surface area (Å²) in [4.78, 5) is 4.84. The zero-order chi connectivity index (χ0) is 11.2. The van der Waals surface area contributed by atoms with Crippen LogP contribution in [0.15, 0.2) is 36.4 Å². The third-order valence-corrected chi connectivity index (χ3v) is 4.30. The zero-order valence-electron chi connectivity index (χ0n) is 9.76. The number of benzene rings is 1. The fourth-order valence-corrected chi connectivity index (χ4v) is 3.44. The quantitative estimate of drug-likeness (QED) is 0.805. The summed E-state index contributed by atoms with van der Waals surface area (Å²) in [6.07, 6.45) is 3.95. The predicted molar refractivity (Wildman–Crippen MR) is 69.0 cm³/mol. The van der Waals surface area contributed by atoms with Crippen LogP contribution in [-0.4, -0.2) is 17.1 Å². The van der Waals surface area contributed by atoms with Crippen molar-refractivity contribution in [2.24, 2.45) is 0 Å². The van der Waals surface area contributed by atoms with Gasteiger partial charge < -0.3 is 5.32 Å². The molecule has 2 nitrogen and oxygen atoms in total. The van der Waals surface area contributed by atoms with E-state index in [2.05, 4.69) is 41.7 Å². The standard InChI is InChI=1S/C15H16N2/c1-2-4-13-10(3-1)5-7-15(17-13)12-9-11-6-8-14(12)16-11/h1-5,7,11-12,14,16H,6,8-9H2. The van der Waals surface area contributed by atoms with E-state index < -0.39 is 0 Å². The maximum atomic E-state index is 4.84. The highest BCUT2D eigenvalue weighted by Crippen LogP contribution is 2.39. The lowest BCUT2D eigenvalue weighted by atomic mass is 9.86. The Morgan fingerprint density at radius 1 is 1.06 bits per heavy atom. The Kier molecular flexibility index (Phi) is 2.00. The van der Waals surface area contributed by atoms with E-state index in [1.54, 1.807) is 0 Å². The van der Waals surface area contributed by atoms with E-state index in [0.29, 0.717) is 12.0 Å². The Morgan fingerprint density at radius 3 is 2.82 bits per heavy atom. The van der Waals surface area contributed by atoms with Gasteiger partial charge in [-0.05, 0) is 31.4 Å². The molecule has 3 atom stereocenters. The van der Waals surface area contributed by atoms with Crippen LogP contribution in [0.25, 0.3) is 10.9 Å². The van der Waals surface area contributed by atoms with E-state index in [1.165, 1.54) is 30.3 Å². The first-order chi connectivity index (χ1) is 8.40. The molecule has 1 aromatic heterocycles. The summed E-state index contributed by atoms with van der Waals surface area (Å²) in [5, 5.41) is 4.93. The first-order valence-electron chi connectivity index (χ1n) is 6.52. The Labute approximate surface area is 101 Å². The molecular formula is C15H16N2. The highest BCUT2D eigenvalue weighted by Gasteiger charge is 2.40. The summed E-state index contributed by atoms with van der Waals surface area (Å²) in [6.45, 7) is 0. The van der Waals surface area contributed by atoms with Gasteiger partial charge in [-0.25, -0.2) is 0 Å². The van der Waals surface area contributed by atoms with Gasteiger partial charge in [0.05, 0.1) is 5.52 Å². The second-order valence-corrected chi connectivity index (χ2v) is 5.32. The average Bonchev–Trinajstić information content (AvgIpc) is 3.00. The van der Waals surface area contributed by atoms with E-state index in [0.717, 1.165) is 11.6 Å². The zero-order valence-corrected chi connectivity index (χ0v) is 9.76. The molecule has 86 valence electrons. The van der Waals surface area contributed by atoms with E-state index in [4.69, 9.17) is 4.98 Å². The van der Waals surface area contributed by atoms with Crippen molar-refractivity contribution in [2.75, 3.05) is 0 Å². The fourth-order valence-electron chi connectivity index (χ4n) is 3.44. The topological polar surface area (TPSA) is 24.9 Å². The van der Waals surface area contributed by atoms with Crippen LogP contribution < -0.4 is 5.32 Å². The average molecular weight is 224 g/mol. The van der Waals surface area contributed by atoms with Gasteiger partial charge in [0.15, 0.2) is 0 Å². The minimum absolute atomic E-state index is 0.637. The van der Waals surface area contributed by atoms with Crippen molar-refractivity contribution in [3.8, 4) is 0 Å². The fraction of sp³-hybridized carbons (Fsp3) is 0.400. The Balaban J connectivity index is 1.76. The predicted octanol–water partition coefficient (Wildman–Crippen LogP) is 2.84. The number of hydrogen-bond acceptors (Lipinski definition) is 2. The van der Waals surface area contributed by atoms with Gasteiger partial charge in [-0.1, -0.05) is 24.3 Å². The second kappa shape index (κ2) is 3.54. The van der Waals surface area contributed by atoms with Crippen molar-refractivity contribution >= 4 is 10.9 Å². The molecule has 2 bridgehead atoms. The molecule has 0 radical (unpaired) electrons. The summed E-state index contributed by atoms with van der Waals surface area (Å²) in [5.74, 6) is 0.637. The first-order valence-corrected chi connectivity index (χ1v) is 6.52. The Bertz CT molecular complexity index is 564.